The number of nitrogens with zero attached hydrogens (tertiary/aromatic N) is 2. The Morgan fingerprint density at radius 1 is 1.00 bits per heavy atom. The number of furan rings is 1. The van der Waals surface area contributed by atoms with Crippen LogP contribution < -0.4 is 14.4 Å². The van der Waals surface area contributed by atoms with E-state index in [4.69, 9.17) is 13.9 Å². The van der Waals surface area contributed by atoms with Crippen molar-refractivity contribution in [2.75, 3.05) is 32.2 Å². The van der Waals surface area contributed by atoms with E-state index in [1.54, 1.807) is 20.5 Å². The van der Waals surface area contributed by atoms with Crippen LogP contribution in [0.4, 0.5) is 5.69 Å². The Kier molecular flexibility index (Phi) is 6.57. The van der Waals surface area contributed by atoms with Crippen LogP contribution in [0.2, 0.25) is 0 Å². The summed E-state index contributed by atoms with van der Waals surface area (Å²) in [6.45, 7) is 2.61. The van der Waals surface area contributed by atoms with Gasteiger partial charge in [-0.15, -0.1) is 0 Å². The highest BCUT2D eigenvalue weighted by Crippen LogP contribution is 2.29. The first-order valence-electron chi connectivity index (χ1n) is 10.5. The Labute approximate surface area is 183 Å². The molecule has 0 radical (unpaired) electrons. The Bertz CT molecular complexity index is 977. The minimum absolute atomic E-state index is 0.0135. The molecule has 0 aliphatic carbocycles. The fraction of sp³-hybridized carbons (Fsp3) is 0.320. The van der Waals surface area contributed by atoms with Crippen LogP contribution in [-0.2, 0) is 6.54 Å². The lowest BCUT2D eigenvalue weighted by molar-refractivity contribution is 0.0957. The molecule has 3 aromatic rings. The number of ether oxygens (including phenoxy) is 2. The predicted octanol–water partition coefficient (Wildman–Crippen LogP) is 4.61. The Hall–Kier alpha value is -3.25. The van der Waals surface area contributed by atoms with Crippen molar-refractivity contribution in [2.24, 2.45) is 0 Å². The molecule has 4 rings (SSSR count). The summed E-state index contributed by atoms with van der Waals surface area (Å²) in [7, 11) is 3.26. The number of benzene rings is 2. The monoisotopic (exact) mass is 420 g/mol. The molecule has 0 saturated carbocycles. The smallest absolute Gasteiger partial charge is 0.258 e. The maximum atomic E-state index is 13.6. The molecule has 1 fully saturated rings. The van der Waals surface area contributed by atoms with Gasteiger partial charge in [-0.2, -0.15) is 0 Å². The summed E-state index contributed by atoms with van der Waals surface area (Å²) in [5, 5.41) is 0. The minimum atomic E-state index is -0.0135. The number of rotatable bonds is 7. The number of hydrogen-bond acceptors (Lipinski definition) is 5. The topological polar surface area (TPSA) is 55.1 Å². The van der Waals surface area contributed by atoms with E-state index in [-0.39, 0.29) is 11.9 Å². The van der Waals surface area contributed by atoms with Crippen LogP contribution in [-0.4, -0.2) is 44.2 Å². The van der Waals surface area contributed by atoms with Gasteiger partial charge in [0.1, 0.15) is 17.3 Å². The summed E-state index contributed by atoms with van der Waals surface area (Å²) in [6.07, 6.45) is 3.49. The largest absolute Gasteiger partial charge is 0.497 e. The van der Waals surface area contributed by atoms with E-state index in [9.17, 15) is 4.79 Å². The molecular weight excluding hydrogens is 392 g/mol. The first-order valence-corrected chi connectivity index (χ1v) is 10.5. The minimum Gasteiger partial charge on any atom is -0.497 e. The van der Waals surface area contributed by atoms with Crippen LogP contribution in [0.3, 0.4) is 0 Å². The molecule has 1 aliphatic heterocycles. The van der Waals surface area contributed by atoms with Crippen LogP contribution in [0.25, 0.3) is 0 Å². The Balaban J connectivity index is 1.55. The summed E-state index contributed by atoms with van der Waals surface area (Å²) in [5.74, 6) is 2.42. The van der Waals surface area contributed by atoms with E-state index in [1.165, 1.54) is 0 Å². The molecule has 1 aromatic heterocycles. The van der Waals surface area contributed by atoms with Gasteiger partial charge >= 0.3 is 0 Å². The van der Waals surface area contributed by atoms with E-state index >= 15 is 0 Å². The molecular formula is C25H28N2O4. The lowest BCUT2D eigenvalue weighted by Gasteiger charge is -2.38. The van der Waals surface area contributed by atoms with Crippen LogP contribution in [0, 0.1) is 0 Å². The van der Waals surface area contributed by atoms with Crippen LogP contribution in [0.15, 0.2) is 71.3 Å². The van der Waals surface area contributed by atoms with Crippen molar-refractivity contribution in [3.8, 4) is 11.5 Å². The van der Waals surface area contributed by atoms with E-state index < -0.39 is 0 Å². The Morgan fingerprint density at radius 3 is 2.39 bits per heavy atom. The van der Waals surface area contributed by atoms with Gasteiger partial charge < -0.3 is 18.8 Å². The molecule has 6 heteroatoms. The summed E-state index contributed by atoms with van der Waals surface area (Å²) in [6, 6.07) is 19.0. The van der Waals surface area contributed by atoms with Gasteiger partial charge in [0.05, 0.1) is 27.0 Å². The zero-order valence-electron chi connectivity index (χ0n) is 18.0. The summed E-state index contributed by atoms with van der Waals surface area (Å²) in [5.41, 5.74) is 1.49. The van der Waals surface area contributed by atoms with E-state index in [0.717, 1.165) is 55.4 Å². The van der Waals surface area contributed by atoms with Gasteiger partial charge in [-0.3, -0.25) is 9.69 Å². The lowest BCUT2D eigenvalue weighted by atomic mass is 10.0. The van der Waals surface area contributed by atoms with Gasteiger partial charge in [-0.05, 0) is 61.4 Å². The molecule has 2 aromatic carbocycles. The molecule has 0 N–H and O–H groups in total. The van der Waals surface area contributed by atoms with Gasteiger partial charge in [0, 0.05) is 36.4 Å². The fourth-order valence-corrected chi connectivity index (χ4v) is 4.09. The number of amides is 1. The van der Waals surface area contributed by atoms with Crippen molar-refractivity contribution in [2.45, 2.75) is 25.4 Å². The number of carbonyl (C=O) groups excluding carboxylic acids is 1. The molecule has 2 heterocycles. The van der Waals surface area contributed by atoms with Crippen molar-refractivity contribution in [3.05, 3.63) is 78.3 Å². The molecule has 0 atom stereocenters. The van der Waals surface area contributed by atoms with Crippen molar-refractivity contribution in [1.82, 2.24) is 4.90 Å². The summed E-state index contributed by atoms with van der Waals surface area (Å²) >= 11 is 0. The molecule has 31 heavy (non-hydrogen) atoms. The standard InChI is InChI=1S/C25H28N2O4/c1-29-22-10-8-19(9-11-22)25(28)27(21-5-3-6-23(17-21)30-2)20-12-14-26(15-13-20)18-24-7-4-16-31-24/h3-11,16-17,20H,12-15,18H2,1-2H3. The quantitative estimate of drug-likeness (QED) is 0.559. The van der Waals surface area contributed by atoms with E-state index in [2.05, 4.69) is 4.90 Å². The van der Waals surface area contributed by atoms with Crippen LogP contribution in [0.1, 0.15) is 29.0 Å². The second-order valence-electron chi connectivity index (χ2n) is 7.69. The van der Waals surface area contributed by atoms with E-state index in [1.807, 2.05) is 65.6 Å². The van der Waals surface area contributed by atoms with Gasteiger partial charge in [0.25, 0.3) is 5.91 Å². The third-order valence-electron chi connectivity index (χ3n) is 5.77. The highest BCUT2D eigenvalue weighted by Gasteiger charge is 2.30. The number of carbonyl (C=O) groups is 1. The SMILES string of the molecule is COc1ccc(C(=O)N(c2cccc(OC)c2)C2CCN(Cc3ccco3)CC2)cc1. The maximum Gasteiger partial charge on any atom is 0.258 e. The number of piperidine rings is 1. The van der Waals surface area contributed by atoms with Crippen molar-refractivity contribution < 1.29 is 18.7 Å². The number of methoxy groups -OCH3 is 2. The highest BCUT2D eigenvalue weighted by atomic mass is 16.5. The second kappa shape index (κ2) is 9.71. The average molecular weight is 421 g/mol. The summed E-state index contributed by atoms with van der Waals surface area (Å²) < 4.78 is 16.1. The van der Waals surface area contributed by atoms with Gasteiger partial charge in [0.2, 0.25) is 0 Å². The molecule has 6 nitrogen and oxygen atoms in total. The molecule has 1 aliphatic rings. The molecule has 1 amide bonds. The summed E-state index contributed by atoms with van der Waals surface area (Å²) in [4.78, 5) is 17.9. The lowest BCUT2D eigenvalue weighted by Crippen LogP contribution is -2.47. The zero-order valence-corrected chi connectivity index (χ0v) is 18.0. The highest BCUT2D eigenvalue weighted by molar-refractivity contribution is 6.06. The molecule has 0 bridgehead atoms. The number of hydrogen-bond donors (Lipinski definition) is 0. The van der Waals surface area contributed by atoms with Crippen LogP contribution >= 0.6 is 0 Å². The first kappa shape index (κ1) is 21.0. The molecule has 1 saturated heterocycles. The van der Waals surface area contributed by atoms with Crippen molar-refractivity contribution in [3.63, 3.8) is 0 Å². The fourth-order valence-electron chi connectivity index (χ4n) is 4.09. The van der Waals surface area contributed by atoms with Gasteiger partial charge in [-0.25, -0.2) is 0 Å². The van der Waals surface area contributed by atoms with Gasteiger partial charge in [0.15, 0.2) is 0 Å². The molecule has 0 unspecified atom stereocenters. The van der Waals surface area contributed by atoms with Crippen molar-refractivity contribution in [1.29, 1.82) is 0 Å². The van der Waals surface area contributed by atoms with Crippen molar-refractivity contribution >= 4 is 11.6 Å². The predicted molar refractivity (Wildman–Crippen MR) is 120 cm³/mol. The molecule has 0 spiro atoms. The average Bonchev–Trinajstić information content (AvgIpc) is 3.33. The third kappa shape index (κ3) is 4.91. The first-order chi connectivity index (χ1) is 15.2. The third-order valence-corrected chi connectivity index (χ3v) is 5.77. The Morgan fingerprint density at radius 2 is 1.74 bits per heavy atom. The van der Waals surface area contributed by atoms with Gasteiger partial charge in [-0.1, -0.05) is 6.07 Å². The second-order valence-corrected chi connectivity index (χ2v) is 7.69. The molecule has 162 valence electrons. The zero-order chi connectivity index (χ0) is 21.6. The van der Waals surface area contributed by atoms with E-state index in [0.29, 0.717) is 5.56 Å². The number of likely N-dealkylation sites (tertiary alicyclic amines) is 1. The van der Waals surface area contributed by atoms with Crippen LogP contribution in [0.5, 0.6) is 11.5 Å². The number of anilines is 1. The normalized spacial score (nSPS) is 14.9. The maximum absolute atomic E-state index is 13.6.